The van der Waals surface area contributed by atoms with E-state index in [1.807, 2.05) is 30.3 Å². The van der Waals surface area contributed by atoms with E-state index >= 15 is 0 Å². The molecular formula is C23H25NO4S. The lowest BCUT2D eigenvalue weighted by molar-refractivity contribution is 0.0921. The third-order valence-corrected chi connectivity index (χ3v) is 5.85. The highest BCUT2D eigenvalue weighted by Crippen LogP contribution is 2.34. The molecule has 0 saturated heterocycles. The van der Waals surface area contributed by atoms with Gasteiger partial charge in [0.1, 0.15) is 0 Å². The molecule has 3 aromatic rings. The maximum absolute atomic E-state index is 12.4. The molecule has 6 heteroatoms. The van der Waals surface area contributed by atoms with E-state index in [0.717, 1.165) is 10.5 Å². The highest BCUT2D eigenvalue weighted by Gasteiger charge is 2.14. The first-order valence-electron chi connectivity index (χ1n) is 9.35. The van der Waals surface area contributed by atoms with Crippen LogP contribution in [-0.2, 0) is 6.42 Å². The van der Waals surface area contributed by atoms with Gasteiger partial charge in [0.2, 0.25) is 0 Å². The van der Waals surface area contributed by atoms with Crippen molar-refractivity contribution in [2.75, 3.05) is 20.8 Å². The van der Waals surface area contributed by atoms with Gasteiger partial charge in [-0.25, -0.2) is 0 Å². The largest absolute Gasteiger partial charge is 0.493 e. The number of carbonyl (C=O) groups excluding carboxylic acids is 1. The van der Waals surface area contributed by atoms with Crippen molar-refractivity contribution in [3.05, 3.63) is 71.0 Å². The average molecular weight is 412 g/mol. The lowest BCUT2D eigenvalue weighted by atomic mass is 10.1. The third kappa shape index (κ3) is 4.95. The van der Waals surface area contributed by atoms with Crippen molar-refractivity contribution in [2.45, 2.75) is 30.3 Å². The van der Waals surface area contributed by atoms with Crippen LogP contribution in [0.2, 0.25) is 0 Å². The number of hydrogen-bond donors (Lipinski definition) is 1. The van der Waals surface area contributed by atoms with Gasteiger partial charge in [-0.2, -0.15) is 0 Å². The molecule has 152 valence electrons. The number of benzene rings is 2. The minimum Gasteiger partial charge on any atom is -0.493 e. The van der Waals surface area contributed by atoms with Crippen LogP contribution >= 0.6 is 11.8 Å². The first kappa shape index (κ1) is 20.9. The van der Waals surface area contributed by atoms with Gasteiger partial charge in [0.15, 0.2) is 22.4 Å². The molecule has 0 aliphatic rings. The summed E-state index contributed by atoms with van der Waals surface area (Å²) in [6, 6.07) is 15.4. The molecule has 0 unspecified atom stereocenters. The number of nitrogens with one attached hydrogen (secondary N) is 1. The van der Waals surface area contributed by atoms with Crippen molar-refractivity contribution in [1.29, 1.82) is 0 Å². The number of furan rings is 1. The predicted octanol–water partition coefficient (Wildman–Crippen LogP) is 5.04. The molecule has 0 aliphatic carbocycles. The summed E-state index contributed by atoms with van der Waals surface area (Å²) in [4.78, 5) is 13.6. The molecule has 0 saturated carbocycles. The number of hydrogen-bond acceptors (Lipinski definition) is 5. The molecule has 0 atom stereocenters. The number of aryl methyl sites for hydroxylation is 2. The SMILES string of the molecule is COc1cccc(CCNC(=O)c2ccc(Sc3c(C)cccc3C)o2)c1OC. The van der Waals surface area contributed by atoms with Gasteiger partial charge in [0, 0.05) is 11.4 Å². The van der Waals surface area contributed by atoms with Gasteiger partial charge in [-0.05, 0) is 55.2 Å². The second-order valence-electron chi connectivity index (χ2n) is 6.60. The Hall–Kier alpha value is -2.86. The summed E-state index contributed by atoms with van der Waals surface area (Å²) in [5.41, 5.74) is 3.34. The first-order valence-corrected chi connectivity index (χ1v) is 10.2. The fraction of sp³-hybridized carbons (Fsp3) is 0.261. The molecule has 1 N–H and O–H groups in total. The van der Waals surface area contributed by atoms with Gasteiger partial charge >= 0.3 is 0 Å². The quantitative estimate of drug-likeness (QED) is 0.563. The zero-order chi connectivity index (χ0) is 20.8. The lowest BCUT2D eigenvalue weighted by Crippen LogP contribution is -2.25. The molecule has 0 fully saturated rings. The van der Waals surface area contributed by atoms with Crippen LogP contribution in [0.15, 0.2) is 62.9 Å². The Morgan fingerprint density at radius 3 is 2.41 bits per heavy atom. The van der Waals surface area contributed by atoms with E-state index in [0.29, 0.717) is 35.3 Å². The summed E-state index contributed by atoms with van der Waals surface area (Å²) in [6.45, 7) is 4.60. The summed E-state index contributed by atoms with van der Waals surface area (Å²) in [6.07, 6.45) is 0.622. The second kappa shape index (κ2) is 9.56. The van der Waals surface area contributed by atoms with Crippen LogP contribution < -0.4 is 14.8 Å². The number of rotatable bonds is 8. The van der Waals surface area contributed by atoms with Crippen LogP contribution in [-0.4, -0.2) is 26.7 Å². The summed E-state index contributed by atoms with van der Waals surface area (Å²) >= 11 is 1.53. The van der Waals surface area contributed by atoms with E-state index in [1.165, 1.54) is 22.9 Å². The minimum absolute atomic E-state index is 0.236. The standard InChI is InChI=1S/C23H25NO4S/c1-15-7-5-8-16(2)22(15)29-20-12-11-19(28-20)23(25)24-14-13-17-9-6-10-18(26-3)21(17)27-4/h5-12H,13-14H2,1-4H3,(H,24,25). The second-order valence-corrected chi connectivity index (χ2v) is 7.61. The van der Waals surface area contributed by atoms with Crippen LogP contribution in [0.1, 0.15) is 27.2 Å². The molecule has 3 rings (SSSR count). The number of ether oxygens (including phenoxy) is 2. The van der Waals surface area contributed by atoms with Crippen molar-refractivity contribution >= 4 is 17.7 Å². The molecule has 1 heterocycles. The molecule has 2 aromatic carbocycles. The highest BCUT2D eigenvalue weighted by atomic mass is 32.2. The molecule has 0 aliphatic heterocycles. The average Bonchev–Trinajstić information content (AvgIpc) is 3.19. The summed E-state index contributed by atoms with van der Waals surface area (Å²) in [7, 11) is 3.21. The van der Waals surface area contributed by atoms with Crippen LogP contribution in [0.4, 0.5) is 0 Å². The topological polar surface area (TPSA) is 60.7 Å². The van der Waals surface area contributed by atoms with E-state index in [9.17, 15) is 4.79 Å². The van der Waals surface area contributed by atoms with Crippen molar-refractivity contribution in [2.24, 2.45) is 0 Å². The van der Waals surface area contributed by atoms with Crippen molar-refractivity contribution in [3.63, 3.8) is 0 Å². The molecule has 1 amide bonds. The Bertz CT molecular complexity index is 976. The van der Waals surface area contributed by atoms with Gasteiger partial charge < -0.3 is 19.2 Å². The fourth-order valence-corrected chi connectivity index (χ4v) is 4.03. The maximum atomic E-state index is 12.4. The third-order valence-electron chi connectivity index (χ3n) is 4.58. The Morgan fingerprint density at radius 1 is 1.00 bits per heavy atom. The van der Waals surface area contributed by atoms with Crippen LogP contribution in [0.3, 0.4) is 0 Å². The predicted molar refractivity (Wildman–Crippen MR) is 114 cm³/mol. The molecule has 0 radical (unpaired) electrons. The van der Waals surface area contributed by atoms with Gasteiger partial charge in [0.05, 0.1) is 14.2 Å². The molecular weight excluding hydrogens is 386 g/mol. The molecule has 0 spiro atoms. The van der Waals surface area contributed by atoms with Gasteiger partial charge in [-0.3, -0.25) is 4.79 Å². The zero-order valence-corrected chi connectivity index (χ0v) is 17.9. The van der Waals surface area contributed by atoms with E-state index in [1.54, 1.807) is 20.3 Å². The van der Waals surface area contributed by atoms with Gasteiger partial charge in [-0.1, -0.05) is 42.1 Å². The number of methoxy groups -OCH3 is 2. The monoisotopic (exact) mass is 411 g/mol. The zero-order valence-electron chi connectivity index (χ0n) is 17.1. The van der Waals surface area contributed by atoms with E-state index < -0.39 is 0 Å². The highest BCUT2D eigenvalue weighted by molar-refractivity contribution is 7.99. The molecule has 5 nitrogen and oxygen atoms in total. The normalized spacial score (nSPS) is 10.6. The van der Waals surface area contributed by atoms with E-state index in [-0.39, 0.29) is 5.91 Å². The molecule has 1 aromatic heterocycles. The lowest BCUT2D eigenvalue weighted by Gasteiger charge is -2.12. The maximum Gasteiger partial charge on any atom is 0.287 e. The van der Waals surface area contributed by atoms with Crippen LogP contribution in [0, 0.1) is 13.8 Å². The number of carbonyl (C=O) groups is 1. The summed E-state index contributed by atoms with van der Waals surface area (Å²) < 4.78 is 16.5. The minimum atomic E-state index is -0.236. The number of amides is 1. The Balaban J connectivity index is 1.60. The van der Waals surface area contributed by atoms with Crippen LogP contribution in [0.5, 0.6) is 11.5 Å². The molecule has 0 bridgehead atoms. The number of para-hydroxylation sites is 1. The Kier molecular flexibility index (Phi) is 6.88. The smallest absolute Gasteiger partial charge is 0.287 e. The van der Waals surface area contributed by atoms with E-state index in [4.69, 9.17) is 13.9 Å². The van der Waals surface area contributed by atoms with Crippen molar-refractivity contribution in [1.82, 2.24) is 5.32 Å². The first-order chi connectivity index (χ1) is 14.0. The van der Waals surface area contributed by atoms with Crippen molar-refractivity contribution in [3.8, 4) is 11.5 Å². The van der Waals surface area contributed by atoms with Gasteiger partial charge in [0.25, 0.3) is 5.91 Å². The van der Waals surface area contributed by atoms with Crippen molar-refractivity contribution < 1.29 is 18.7 Å². The summed E-state index contributed by atoms with van der Waals surface area (Å²) in [5, 5.41) is 3.59. The fourth-order valence-electron chi connectivity index (χ4n) is 3.11. The molecule has 29 heavy (non-hydrogen) atoms. The summed E-state index contributed by atoms with van der Waals surface area (Å²) in [5.74, 6) is 1.43. The van der Waals surface area contributed by atoms with E-state index in [2.05, 4.69) is 31.3 Å². The Morgan fingerprint density at radius 2 is 1.72 bits per heavy atom. The Labute approximate surface area is 175 Å². The van der Waals surface area contributed by atoms with Crippen LogP contribution in [0.25, 0.3) is 0 Å². The van der Waals surface area contributed by atoms with Gasteiger partial charge in [-0.15, -0.1) is 0 Å².